The molecule has 0 saturated carbocycles. The smallest absolute Gasteiger partial charge is 0.270 e. The molecule has 146 valence electrons. The second-order valence-electron chi connectivity index (χ2n) is 7.06. The van der Waals surface area contributed by atoms with Crippen molar-refractivity contribution in [3.63, 3.8) is 0 Å². The van der Waals surface area contributed by atoms with Gasteiger partial charge in [-0.2, -0.15) is 0 Å². The van der Waals surface area contributed by atoms with Crippen LogP contribution in [0.3, 0.4) is 0 Å². The summed E-state index contributed by atoms with van der Waals surface area (Å²) >= 11 is 1.62. The second-order valence-corrected chi connectivity index (χ2v) is 7.78. The van der Waals surface area contributed by atoms with Crippen LogP contribution in [0.15, 0.2) is 47.4 Å². The van der Waals surface area contributed by atoms with Gasteiger partial charge in [-0.1, -0.05) is 18.2 Å². The van der Waals surface area contributed by atoms with Crippen LogP contribution in [-0.4, -0.2) is 59.0 Å². The molecule has 6 nitrogen and oxygen atoms in total. The van der Waals surface area contributed by atoms with Gasteiger partial charge in [0.1, 0.15) is 5.69 Å². The molecule has 1 aliphatic rings. The monoisotopic (exact) mass is 396 g/mol. The second kappa shape index (κ2) is 8.68. The number of nitrogens with zero attached hydrogens (tertiary/aromatic N) is 3. The number of hydrogen-bond acceptors (Lipinski definition) is 5. The molecular formula is C21H24N4O2S. The van der Waals surface area contributed by atoms with Crippen molar-refractivity contribution >= 4 is 17.2 Å². The van der Waals surface area contributed by atoms with E-state index in [1.54, 1.807) is 11.3 Å². The maximum absolute atomic E-state index is 12.6. The maximum Gasteiger partial charge on any atom is 0.270 e. The number of rotatable bonds is 6. The zero-order chi connectivity index (χ0) is 19.3. The lowest BCUT2D eigenvalue weighted by Crippen LogP contribution is -2.40. The van der Waals surface area contributed by atoms with Gasteiger partial charge in [0.2, 0.25) is 0 Å². The number of hydrogen-bond donors (Lipinski definition) is 1. The van der Waals surface area contributed by atoms with Crippen molar-refractivity contribution in [2.24, 2.45) is 0 Å². The number of ether oxygens (including phenoxy) is 1. The number of aromatic amines is 1. The summed E-state index contributed by atoms with van der Waals surface area (Å²) in [5.41, 5.74) is 6.96. The molecule has 2 aromatic heterocycles. The summed E-state index contributed by atoms with van der Waals surface area (Å²) in [7, 11) is 2.10. The number of thiazole rings is 1. The van der Waals surface area contributed by atoms with E-state index in [0.29, 0.717) is 32.0 Å². The number of amides is 1. The van der Waals surface area contributed by atoms with Crippen LogP contribution in [0, 0.1) is 0 Å². The minimum atomic E-state index is 0.0358. The van der Waals surface area contributed by atoms with Crippen LogP contribution < -0.4 is 0 Å². The SMILES string of the molecule is CN(Cc1cccc(-c2c[nH]c(C(=O)N3CCOCC3)c2)c1)Cc1cscn1. The minimum absolute atomic E-state index is 0.0358. The molecule has 0 spiro atoms. The van der Waals surface area contributed by atoms with Crippen LogP contribution in [0.2, 0.25) is 0 Å². The van der Waals surface area contributed by atoms with Crippen molar-refractivity contribution in [3.8, 4) is 11.1 Å². The fourth-order valence-electron chi connectivity index (χ4n) is 3.43. The van der Waals surface area contributed by atoms with E-state index < -0.39 is 0 Å². The van der Waals surface area contributed by atoms with Crippen molar-refractivity contribution in [1.29, 1.82) is 0 Å². The molecule has 4 rings (SSSR count). The average Bonchev–Trinajstić information content (AvgIpc) is 3.40. The minimum Gasteiger partial charge on any atom is -0.378 e. The zero-order valence-corrected chi connectivity index (χ0v) is 16.7. The number of carbonyl (C=O) groups is 1. The molecule has 7 heteroatoms. The first-order valence-electron chi connectivity index (χ1n) is 9.39. The van der Waals surface area contributed by atoms with Gasteiger partial charge in [-0.3, -0.25) is 9.69 Å². The zero-order valence-electron chi connectivity index (χ0n) is 15.9. The number of nitrogens with one attached hydrogen (secondary N) is 1. The molecule has 0 unspecified atom stereocenters. The first-order chi connectivity index (χ1) is 13.7. The maximum atomic E-state index is 12.6. The highest BCUT2D eigenvalue weighted by molar-refractivity contribution is 7.07. The summed E-state index contributed by atoms with van der Waals surface area (Å²) in [5.74, 6) is 0.0358. The van der Waals surface area contributed by atoms with Crippen LogP contribution >= 0.6 is 11.3 Å². The van der Waals surface area contributed by atoms with Crippen molar-refractivity contribution in [3.05, 3.63) is 64.4 Å². The summed E-state index contributed by atoms with van der Waals surface area (Å²) in [6, 6.07) is 10.4. The van der Waals surface area contributed by atoms with E-state index in [1.807, 2.05) is 22.7 Å². The third-order valence-electron chi connectivity index (χ3n) is 4.84. The van der Waals surface area contributed by atoms with E-state index in [2.05, 4.69) is 51.6 Å². The van der Waals surface area contributed by atoms with Crippen LogP contribution in [0.4, 0.5) is 0 Å². The highest BCUT2D eigenvalue weighted by Crippen LogP contribution is 2.23. The number of morpholine rings is 1. The fourth-order valence-corrected chi connectivity index (χ4v) is 3.98. The van der Waals surface area contributed by atoms with E-state index in [9.17, 15) is 4.79 Å². The molecule has 0 radical (unpaired) electrons. The van der Waals surface area contributed by atoms with Gasteiger partial charge in [0.25, 0.3) is 5.91 Å². The Bertz CT molecular complexity index is 916. The number of benzene rings is 1. The van der Waals surface area contributed by atoms with Gasteiger partial charge in [0, 0.05) is 37.8 Å². The summed E-state index contributed by atoms with van der Waals surface area (Å²) in [6.45, 7) is 4.18. The molecule has 3 aromatic rings. The Labute approximate surface area is 168 Å². The topological polar surface area (TPSA) is 61.5 Å². The Hall–Kier alpha value is -2.48. The van der Waals surface area contributed by atoms with Gasteiger partial charge < -0.3 is 14.6 Å². The fraction of sp³-hybridized carbons (Fsp3) is 0.333. The molecule has 0 aliphatic carbocycles. The molecule has 1 saturated heterocycles. The van der Waals surface area contributed by atoms with E-state index in [1.165, 1.54) is 5.56 Å². The Balaban J connectivity index is 1.44. The molecule has 1 aliphatic heterocycles. The molecule has 1 N–H and O–H groups in total. The first-order valence-corrected chi connectivity index (χ1v) is 10.3. The van der Waals surface area contributed by atoms with Crippen molar-refractivity contribution in [2.45, 2.75) is 13.1 Å². The highest BCUT2D eigenvalue weighted by atomic mass is 32.1. The molecule has 1 fully saturated rings. The van der Waals surface area contributed by atoms with Crippen molar-refractivity contribution < 1.29 is 9.53 Å². The molecule has 3 heterocycles. The molecule has 0 atom stereocenters. The van der Waals surface area contributed by atoms with Gasteiger partial charge in [-0.15, -0.1) is 11.3 Å². The molecule has 1 aromatic carbocycles. The first kappa shape index (κ1) is 18.9. The third-order valence-corrected chi connectivity index (χ3v) is 5.48. The van der Waals surface area contributed by atoms with Crippen molar-refractivity contribution in [1.82, 2.24) is 19.8 Å². The Morgan fingerprint density at radius 2 is 2.11 bits per heavy atom. The molecular weight excluding hydrogens is 372 g/mol. The molecule has 28 heavy (non-hydrogen) atoms. The Kier molecular flexibility index (Phi) is 5.85. The molecule has 1 amide bonds. The normalized spacial score (nSPS) is 14.6. The van der Waals surface area contributed by atoms with Gasteiger partial charge in [-0.05, 0) is 35.9 Å². The van der Waals surface area contributed by atoms with Crippen LogP contribution in [0.1, 0.15) is 21.7 Å². The van der Waals surface area contributed by atoms with Crippen LogP contribution in [-0.2, 0) is 17.8 Å². The largest absolute Gasteiger partial charge is 0.378 e. The van der Waals surface area contributed by atoms with E-state index in [4.69, 9.17) is 4.74 Å². The van der Waals surface area contributed by atoms with Gasteiger partial charge in [-0.25, -0.2) is 4.98 Å². The standard InChI is InChI=1S/C21H24N4O2S/c1-24(13-19-14-28-15-23-19)12-16-3-2-4-17(9-16)18-10-20(22-11-18)21(26)25-5-7-27-8-6-25/h2-4,9-11,14-15,22H,5-8,12-13H2,1H3. The Morgan fingerprint density at radius 3 is 2.89 bits per heavy atom. The Morgan fingerprint density at radius 1 is 1.25 bits per heavy atom. The predicted octanol–water partition coefficient (Wildman–Crippen LogP) is 3.24. The lowest BCUT2D eigenvalue weighted by Gasteiger charge is -2.26. The number of aromatic nitrogens is 2. The summed E-state index contributed by atoms with van der Waals surface area (Å²) in [6.07, 6.45) is 1.91. The van der Waals surface area contributed by atoms with Gasteiger partial charge in [0.15, 0.2) is 0 Å². The summed E-state index contributed by atoms with van der Waals surface area (Å²) < 4.78 is 5.33. The number of H-pyrrole nitrogens is 1. The van der Waals surface area contributed by atoms with Gasteiger partial charge >= 0.3 is 0 Å². The lowest BCUT2D eigenvalue weighted by molar-refractivity contribution is 0.0299. The summed E-state index contributed by atoms with van der Waals surface area (Å²) in [4.78, 5) is 24.2. The lowest BCUT2D eigenvalue weighted by atomic mass is 10.1. The van der Waals surface area contributed by atoms with Crippen molar-refractivity contribution in [2.75, 3.05) is 33.4 Å². The van der Waals surface area contributed by atoms with E-state index >= 15 is 0 Å². The van der Waals surface area contributed by atoms with E-state index in [0.717, 1.165) is 29.9 Å². The highest BCUT2D eigenvalue weighted by Gasteiger charge is 2.20. The summed E-state index contributed by atoms with van der Waals surface area (Å²) in [5, 5.41) is 2.08. The quantitative estimate of drug-likeness (QED) is 0.695. The van der Waals surface area contributed by atoms with Crippen LogP contribution in [0.5, 0.6) is 0 Å². The predicted molar refractivity (Wildman–Crippen MR) is 110 cm³/mol. The van der Waals surface area contributed by atoms with Crippen LogP contribution in [0.25, 0.3) is 11.1 Å². The number of carbonyl (C=O) groups excluding carboxylic acids is 1. The third kappa shape index (κ3) is 4.49. The van der Waals surface area contributed by atoms with E-state index in [-0.39, 0.29) is 5.91 Å². The average molecular weight is 397 g/mol. The molecule has 0 bridgehead atoms. The van der Waals surface area contributed by atoms with Gasteiger partial charge in [0.05, 0.1) is 24.4 Å².